The van der Waals surface area contributed by atoms with Crippen LogP contribution >= 0.6 is 39.9 Å². The lowest BCUT2D eigenvalue weighted by Crippen LogP contribution is -2.38. The van der Waals surface area contributed by atoms with Crippen LogP contribution in [-0.4, -0.2) is 46.3 Å². The monoisotopic (exact) mass is 563 g/mol. The molecule has 154 valence electrons. The average molecular weight is 564 g/mol. The van der Waals surface area contributed by atoms with Crippen molar-refractivity contribution in [3.05, 3.63) is 52.0 Å². The van der Waals surface area contributed by atoms with Crippen LogP contribution in [0.1, 0.15) is 11.1 Å². The van der Waals surface area contributed by atoms with E-state index in [0.29, 0.717) is 23.8 Å². The maximum absolute atomic E-state index is 5.41. The second-order valence-electron chi connectivity index (χ2n) is 5.88. The SMILES string of the molecule is CN=C(NCc1cc(OC)c(OC)c(OC)c1)N(C)Cc1ccccc1Br.I. The number of methoxy groups -OCH3 is 3. The zero-order valence-corrected chi connectivity index (χ0v) is 20.7. The number of hydrogen-bond donors (Lipinski definition) is 1. The van der Waals surface area contributed by atoms with Gasteiger partial charge < -0.3 is 24.4 Å². The summed E-state index contributed by atoms with van der Waals surface area (Å²) in [5.74, 6) is 2.63. The van der Waals surface area contributed by atoms with Gasteiger partial charge in [0.2, 0.25) is 5.75 Å². The lowest BCUT2D eigenvalue weighted by Gasteiger charge is -2.23. The second-order valence-corrected chi connectivity index (χ2v) is 6.74. The lowest BCUT2D eigenvalue weighted by molar-refractivity contribution is 0.323. The van der Waals surface area contributed by atoms with E-state index in [0.717, 1.165) is 22.5 Å². The Labute approximate surface area is 192 Å². The molecule has 0 atom stereocenters. The standard InChI is InChI=1S/C20H26BrN3O3.HI/c1-22-20(24(2)13-15-8-6-7-9-16(15)21)23-12-14-10-17(25-3)19(27-5)18(11-14)26-4;/h6-11H,12-13H2,1-5H3,(H,22,23);1H. The molecule has 6 nitrogen and oxygen atoms in total. The molecule has 0 amide bonds. The highest BCUT2D eigenvalue weighted by atomic mass is 127. The zero-order chi connectivity index (χ0) is 19.8. The van der Waals surface area contributed by atoms with Crippen LogP contribution in [0.4, 0.5) is 0 Å². The Kier molecular flexibility index (Phi) is 10.4. The fraction of sp³-hybridized carbons (Fsp3) is 0.350. The molecule has 0 unspecified atom stereocenters. The van der Waals surface area contributed by atoms with Crippen LogP contribution in [0.25, 0.3) is 0 Å². The molecule has 2 aromatic carbocycles. The highest BCUT2D eigenvalue weighted by molar-refractivity contribution is 14.0. The minimum absolute atomic E-state index is 0. The van der Waals surface area contributed by atoms with Gasteiger partial charge in [-0.1, -0.05) is 34.1 Å². The van der Waals surface area contributed by atoms with Crippen molar-refractivity contribution in [3.8, 4) is 17.2 Å². The first-order valence-electron chi connectivity index (χ1n) is 8.48. The van der Waals surface area contributed by atoms with Crippen LogP contribution < -0.4 is 19.5 Å². The second kappa shape index (κ2) is 12.0. The van der Waals surface area contributed by atoms with Crippen molar-refractivity contribution in [2.75, 3.05) is 35.4 Å². The fourth-order valence-corrected chi connectivity index (χ4v) is 3.17. The van der Waals surface area contributed by atoms with Gasteiger partial charge in [0.15, 0.2) is 17.5 Å². The van der Waals surface area contributed by atoms with E-state index in [-0.39, 0.29) is 24.0 Å². The first kappa shape index (κ1) is 24.4. The number of nitrogens with zero attached hydrogens (tertiary/aromatic N) is 2. The van der Waals surface area contributed by atoms with Gasteiger partial charge in [-0.15, -0.1) is 24.0 Å². The van der Waals surface area contributed by atoms with E-state index in [1.54, 1.807) is 28.4 Å². The van der Waals surface area contributed by atoms with Gasteiger partial charge in [-0.2, -0.15) is 0 Å². The third-order valence-corrected chi connectivity index (χ3v) is 4.89. The summed E-state index contributed by atoms with van der Waals surface area (Å²) in [6.07, 6.45) is 0. The number of aliphatic imine (C=N–C) groups is 1. The molecule has 0 fully saturated rings. The third-order valence-electron chi connectivity index (χ3n) is 4.11. The number of rotatable bonds is 7. The van der Waals surface area contributed by atoms with Gasteiger partial charge in [-0.05, 0) is 29.3 Å². The summed E-state index contributed by atoms with van der Waals surface area (Å²) in [5, 5.41) is 3.37. The first-order chi connectivity index (χ1) is 13.0. The Morgan fingerprint density at radius 1 is 1.07 bits per heavy atom. The van der Waals surface area contributed by atoms with Crippen molar-refractivity contribution < 1.29 is 14.2 Å². The van der Waals surface area contributed by atoms with Gasteiger partial charge in [0, 0.05) is 31.7 Å². The molecule has 2 aromatic rings. The van der Waals surface area contributed by atoms with E-state index in [2.05, 4.69) is 37.2 Å². The zero-order valence-electron chi connectivity index (χ0n) is 16.8. The highest BCUT2D eigenvalue weighted by Gasteiger charge is 2.14. The smallest absolute Gasteiger partial charge is 0.203 e. The van der Waals surface area contributed by atoms with E-state index in [1.165, 1.54) is 5.56 Å². The molecule has 0 aliphatic rings. The molecule has 0 aliphatic heterocycles. The summed E-state index contributed by atoms with van der Waals surface area (Å²) in [4.78, 5) is 6.44. The van der Waals surface area contributed by atoms with Gasteiger partial charge in [0.1, 0.15) is 0 Å². The topological polar surface area (TPSA) is 55.3 Å². The number of nitrogens with one attached hydrogen (secondary N) is 1. The average Bonchev–Trinajstić information content (AvgIpc) is 2.69. The summed E-state index contributed by atoms with van der Waals surface area (Å²) in [6.45, 7) is 1.31. The van der Waals surface area contributed by atoms with E-state index >= 15 is 0 Å². The predicted octanol–water partition coefficient (Wildman–Crippen LogP) is 4.30. The van der Waals surface area contributed by atoms with Crippen LogP contribution in [0, 0.1) is 0 Å². The largest absolute Gasteiger partial charge is 0.493 e. The predicted molar refractivity (Wildman–Crippen MR) is 127 cm³/mol. The Morgan fingerprint density at radius 2 is 1.68 bits per heavy atom. The molecular weight excluding hydrogens is 537 g/mol. The number of ether oxygens (including phenoxy) is 3. The van der Waals surface area contributed by atoms with Crippen molar-refractivity contribution in [1.82, 2.24) is 10.2 Å². The van der Waals surface area contributed by atoms with E-state index in [9.17, 15) is 0 Å². The number of guanidine groups is 1. The summed E-state index contributed by atoms with van der Waals surface area (Å²) < 4.78 is 17.3. The van der Waals surface area contributed by atoms with Crippen LogP contribution in [0.2, 0.25) is 0 Å². The molecule has 0 bridgehead atoms. The molecule has 0 saturated heterocycles. The maximum atomic E-state index is 5.41. The number of halogens is 2. The summed E-state index contributed by atoms with van der Waals surface area (Å²) >= 11 is 3.59. The number of hydrogen-bond acceptors (Lipinski definition) is 4. The van der Waals surface area contributed by atoms with Gasteiger partial charge >= 0.3 is 0 Å². The summed E-state index contributed by atoms with van der Waals surface area (Å²) in [5.41, 5.74) is 2.19. The van der Waals surface area contributed by atoms with Gasteiger partial charge in [0.05, 0.1) is 21.3 Å². The minimum Gasteiger partial charge on any atom is -0.493 e. The van der Waals surface area contributed by atoms with E-state index in [4.69, 9.17) is 14.2 Å². The van der Waals surface area contributed by atoms with Crippen molar-refractivity contribution in [2.24, 2.45) is 4.99 Å². The summed E-state index contributed by atoms with van der Waals surface area (Å²) in [7, 11) is 8.59. The van der Waals surface area contributed by atoms with Crippen molar-refractivity contribution >= 4 is 45.9 Å². The normalized spacial score (nSPS) is 10.7. The molecule has 0 heterocycles. The highest BCUT2D eigenvalue weighted by Crippen LogP contribution is 2.38. The minimum atomic E-state index is 0. The van der Waals surface area contributed by atoms with Crippen LogP contribution in [0.3, 0.4) is 0 Å². The first-order valence-corrected chi connectivity index (χ1v) is 9.27. The van der Waals surface area contributed by atoms with Crippen LogP contribution in [0.5, 0.6) is 17.2 Å². The summed E-state index contributed by atoms with van der Waals surface area (Å²) in [6, 6.07) is 12.0. The quantitative estimate of drug-likeness (QED) is 0.309. The van der Waals surface area contributed by atoms with Gasteiger partial charge in [0.25, 0.3) is 0 Å². The Balaban J connectivity index is 0.00000392. The molecule has 0 saturated carbocycles. The molecule has 0 spiro atoms. The molecule has 0 aromatic heterocycles. The van der Waals surface area contributed by atoms with E-state index < -0.39 is 0 Å². The van der Waals surface area contributed by atoms with Crippen LogP contribution in [0.15, 0.2) is 45.9 Å². The van der Waals surface area contributed by atoms with Gasteiger partial charge in [-0.25, -0.2) is 0 Å². The number of benzene rings is 2. The van der Waals surface area contributed by atoms with Crippen molar-refractivity contribution in [2.45, 2.75) is 13.1 Å². The molecule has 8 heteroatoms. The van der Waals surface area contributed by atoms with Crippen molar-refractivity contribution in [3.63, 3.8) is 0 Å². The molecular formula is C20H27BrIN3O3. The van der Waals surface area contributed by atoms with Gasteiger partial charge in [-0.3, -0.25) is 4.99 Å². The molecule has 0 aliphatic carbocycles. The molecule has 1 N–H and O–H groups in total. The molecule has 2 rings (SSSR count). The molecule has 28 heavy (non-hydrogen) atoms. The Morgan fingerprint density at radius 3 is 2.18 bits per heavy atom. The lowest BCUT2D eigenvalue weighted by atomic mass is 10.1. The van der Waals surface area contributed by atoms with Crippen LogP contribution in [-0.2, 0) is 13.1 Å². The van der Waals surface area contributed by atoms with E-state index in [1.807, 2.05) is 37.4 Å². The molecule has 0 radical (unpaired) electrons. The maximum Gasteiger partial charge on any atom is 0.203 e. The Bertz CT molecular complexity index is 777. The van der Waals surface area contributed by atoms with Crippen molar-refractivity contribution in [1.29, 1.82) is 0 Å². The Hall–Kier alpha value is -1.68. The fourth-order valence-electron chi connectivity index (χ4n) is 2.76. The third kappa shape index (κ3) is 6.16.